The van der Waals surface area contributed by atoms with E-state index in [2.05, 4.69) is 26.6 Å². The molecule has 0 bridgehead atoms. The van der Waals surface area contributed by atoms with Crippen LogP contribution in [0.1, 0.15) is 36.5 Å². The maximum absolute atomic E-state index is 12.8. The van der Waals surface area contributed by atoms with E-state index in [1.54, 1.807) is 36.4 Å². The molecular formula is C30H39N7O9S. The molecule has 0 spiro atoms. The number of nitrogens with one attached hydrogen (secondary N) is 6. The summed E-state index contributed by atoms with van der Waals surface area (Å²) in [4.78, 5) is 71.7. The van der Waals surface area contributed by atoms with Crippen LogP contribution in [-0.4, -0.2) is 90.5 Å². The number of ether oxygens (including phenoxy) is 2. The molecule has 2 aromatic rings. The predicted octanol–water partition coefficient (Wildman–Crippen LogP) is 0.891. The van der Waals surface area contributed by atoms with Gasteiger partial charge in [0.15, 0.2) is 11.1 Å². The zero-order chi connectivity index (χ0) is 34.6. The minimum absolute atomic E-state index is 0.0210. The van der Waals surface area contributed by atoms with Crippen molar-refractivity contribution in [1.29, 1.82) is 5.41 Å². The second kappa shape index (κ2) is 20.8. The van der Waals surface area contributed by atoms with Crippen molar-refractivity contribution in [2.75, 3.05) is 49.3 Å². The van der Waals surface area contributed by atoms with E-state index in [9.17, 15) is 33.9 Å². The number of thioether (sulfide) groups is 1. The van der Waals surface area contributed by atoms with Gasteiger partial charge < -0.3 is 46.9 Å². The number of aliphatic carboxylic acids is 1. The van der Waals surface area contributed by atoms with E-state index in [0.717, 1.165) is 0 Å². The SMILES string of the molecule is CC(=O)SCCOCCC(=O)NCCCOc1ccc(NC(=O)[C@H](CC(=O)O)NC(=O)CNC(=O)c2cccc(NC(=N)N)c2)cc1. The van der Waals surface area contributed by atoms with Crippen molar-refractivity contribution in [3.8, 4) is 5.75 Å². The fourth-order valence-electron chi connectivity index (χ4n) is 3.74. The van der Waals surface area contributed by atoms with Crippen LogP contribution < -0.4 is 37.1 Å². The number of guanidine groups is 1. The highest BCUT2D eigenvalue weighted by molar-refractivity contribution is 8.13. The molecule has 0 aliphatic heterocycles. The molecule has 1 atom stereocenters. The van der Waals surface area contributed by atoms with Gasteiger partial charge in [-0.1, -0.05) is 17.8 Å². The third-order valence-electron chi connectivity index (χ3n) is 5.88. The van der Waals surface area contributed by atoms with Crippen molar-refractivity contribution in [2.24, 2.45) is 5.73 Å². The monoisotopic (exact) mass is 673 g/mol. The topological polar surface area (TPSA) is 251 Å². The number of hydrogen-bond donors (Lipinski definition) is 8. The van der Waals surface area contributed by atoms with Crippen molar-refractivity contribution >= 4 is 63.8 Å². The second-order valence-electron chi connectivity index (χ2n) is 9.79. The standard InChI is InChI=1S/C30H39N7O9S/c1-19(38)47-15-14-45-13-10-25(39)33-11-3-12-46-23-8-6-21(7-9-23)35-29(44)24(17-27(41)42)37-26(40)18-34-28(43)20-4-2-5-22(16-20)36-30(31)32/h2,4-9,16,24H,3,10-15,17-18H2,1H3,(H,33,39)(H,34,43)(H,35,44)(H,37,40)(H,41,42)(H4,31,32,36)/t24-/m0/s1. The number of carbonyl (C=O) groups excluding carboxylic acids is 5. The zero-order valence-electron chi connectivity index (χ0n) is 25.8. The molecule has 2 aromatic carbocycles. The van der Waals surface area contributed by atoms with Crippen LogP contribution in [-0.2, 0) is 28.7 Å². The van der Waals surface area contributed by atoms with Gasteiger partial charge in [-0.2, -0.15) is 0 Å². The van der Waals surface area contributed by atoms with Crippen LogP contribution in [0.3, 0.4) is 0 Å². The highest BCUT2D eigenvalue weighted by Crippen LogP contribution is 2.16. The van der Waals surface area contributed by atoms with E-state index in [0.29, 0.717) is 49.1 Å². The van der Waals surface area contributed by atoms with Gasteiger partial charge in [0, 0.05) is 42.6 Å². The third-order valence-corrected chi connectivity index (χ3v) is 6.66. The molecule has 17 heteroatoms. The summed E-state index contributed by atoms with van der Waals surface area (Å²) in [6, 6.07) is 10.9. The average molecular weight is 674 g/mol. The maximum atomic E-state index is 12.8. The van der Waals surface area contributed by atoms with Crippen LogP contribution in [0.15, 0.2) is 48.5 Å². The summed E-state index contributed by atoms with van der Waals surface area (Å²) in [6.45, 7) is 2.34. The molecule has 0 fully saturated rings. The fourth-order valence-corrected chi connectivity index (χ4v) is 4.23. The Hall–Kier alpha value is -5.16. The van der Waals surface area contributed by atoms with E-state index in [1.807, 2.05) is 0 Å². The molecule has 0 unspecified atom stereocenters. The predicted molar refractivity (Wildman–Crippen MR) is 175 cm³/mol. The molecule has 9 N–H and O–H groups in total. The number of carboxylic acids is 1. The number of anilines is 2. The van der Waals surface area contributed by atoms with Crippen LogP contribution in [0.5, 0.6) is 5.75 Å². The number of carbonyl (C=O) groups is 6. The Labute approximate surface area is 275 Å². The van der Waals surface area contributed by atoms with Crippen molar-refractivity contribution in [3.63, 3.8) is 0 Å². The Bertz CT molecular complexity index is 1410. The number of amides is 4. The molecule has 4 amide bonds. The molecule has 0 saturated heterocycles. The summed E-state index contributed by atoms with van der Waals surface area (Å²) in [5.74, 6) is -2.92. The van der Waals surface area contributed by atoms with Crippen molar-refractivity contribution in [3.05, 3.63) is 54.1 Å². The number of nitrogens with two attached hydrogens (primary N) is 1. The van der Waals surface area contributed by atoms with Gasteiger partial charge in [0.05, 0.1) is 32.8 Å². The second-order valence-corrected chi connectivity index (χ2v) is 11.1. The number of rotatable bonds is 20. The Morgan fingerprint density at radius 3 is 2.36 bits per heavy atom. The quantitative estimate of drug-likeness (QED) is 0.0554. The summed E-state index contributed by atoms with van der Waals surface area (Å²) >= 11 is 1.17. The Balaban J connectivity index is 1.73. The lowest BCUT2D eigenvalue weighted by Crippen LogP contribution is -2.48. The first kappa shape index (κ1) is 38.0. The van der Waals surface area contributed by atoms with E-state index in [1.165, 1.54) is 30.8 Å². The van der Waals surface area contributed by atoms with Gasteiger partial charge in [-0.15, -0.1) is 0 Å². The summed E-state index contributed by atoms with van der Waals surface area (Å²) in [5, 5.41) is 29.1. The van der Waals surface area contributed by atoms with Gasteiger partial charge in [-0.3, -0.25) is 34.2 Å². The highest BCUT2D eigenvalue weighted by Gasteiger charge is 2.24. The molecule has 254 valence electrons. The summed E-state index contributed by atoms with van der Waals surface area (Å²) in [7, 11) is 0. The summed E-state index contributed by atoms with van der Waals surface area (Å²) < 4.78 is 11.0. The molecule has 0 heterocycles. The highest BCUT2D eigenvalue weighted by atomic mass is 32.2. The first-order valence-electron chi connectivity index (χ1n) is 14.4. The summed E-state index contributed by atoms with van der Waals surface area (Å²) in [6.07, 6.45) is 0.0551. The van der Waals surface area contributed by atoms with Crippen LogP contribution in [0.25, 0.3) is 0 Å². The minimum atomic E-state index is -1.43. The van der Waals surface area contributed by atoms with Gasteiger partial charge in [0.25, 0.3) is 5.91 Å². The lowest BCUT2D eigenvalue weighted by atomic mass is 10.1. The van der Waals surface area contributed by atoms with E-state index in [4.69, 9.17) is 20.6 Å². The Kier molecular flexibility index (Phi) is 16.8. The van der Waals surface area contributed by atoms with E-state index in [-0.39, 0.29) is 35.6 Å². The molecule has 0 radical (unpaired) electrons. The fraction of sp³-hybridized carbons (Fsp3) is 0.367. The Morgan fingerprint density at radius 1 is 0.936 bits per heavy atom. The van der Waals surface area contributed by atoms with Crippen molar-refractivity contribution in [1.82, 2.24) is 16.0 Å². The largest absolute Gasteiger partial charge is 0.494 e. The number of hydrogen-bond acceptors (Lipinski definition) is 10. The van der Waals surface area contributed by atoms with Gasteiger partial charge in [0.1, 0.15) is 11.8 Å². The van der Waals surface area contributed by atoms with Crippen LogP contribution in [0.4, 0.5) is 11.4 Å². The minimum Gasteiger partial charge on any atom is -0.494 e. The molecule has 0 saturated carbocycles. The van der Waals surface area contributed by atoms with Gasteiger partial charge in [0.2, 0.25) is 17.7 Å². The first-order valence-corrected chi connectivity index (χ1v) is 15.4. The van der Waals surface area contributed by atoms with E-state index < -0.39 is 42.7 Å². The smallest absolute Gasteiger partial charge is 0.305 e. The van der Waals surface area contributed by atoms with Crippen LogP contribution in [0, 0.1) is 5.41 Å². The zero-order valence-corrected chi connectivity index (χ0v) is 26.6. The summed E-state index contributed by atoms with van der Waals surface area (Å²) in [5.41, 5.74) is 6.19. The normalized spacial score (nSPS) is 11.0. The molecular weight excluding hydrogens is 634 g/mol. The molecule has 0 aliphatic rings. The lowest BCUT2D eigenvalue weighted by molar-refractivity contribution is -0.139. The van der Waals surface area contributed by atoms with Crippen molar-refractivity contribution < 1.29 is 43.3 Å². The van der Waals surface area contributed by atoms with Gasteiger partial charge in [-0.05, 0) is 48.9 Å². The lowest BCUT2D eigenvalue weighted by Gasteiger charge is -2.17. The van der Waals surface area contributed by atoms with E-state index >= 15 is 0 Å². The first-order chi connectivity index (χ1) is 22.4. The molecule has 0 aliphatic carbocycles. The molecule has 2 rings (SSSR count). The molecule has 16 nitrogen and oxygen atoms in total. The van der Waals surface area contributed by atoms with Gasteiger partial charge >= 0.3 is 5.97 Å². The van der Waals surface area contributed by atoms with Crippen LogP contribution >= 0.6 is 11.8 Å². The van der Waals surface area contributed by atoms with Gasteiger partial charge in [-0.25, -0.2) is 0 Å². The van der Waals surface area contributed by atoms with Crippen molar-refractivity contribution in [2.45, 2.75) is 32.2 Å². The molecule has 47 heavy (non-hydrogen) atoms. The number of carboxylic acid groups (broad SMARTS) is 1. The third kappa shape index (κ3) is 16.6. The maximum Gasteiger partial charge on any atom is 0.305 e. The molecule has 0 aromatic heterocycles. The van der Waals surface area contributed by atoms with Crippen LogP contribution in [0.2, 0.25) is 0 Å². The Morgan fingerprint density at radius 2 is 1.68 bits per heavy atom. The average Bonchev–Trinajstić information content (AvgIpc) is 3.01. The number of benzene rings is 2.